The monoisotopic (exact) mass is 177 g/mol. The van der Waals surface area contributed by atoms with Crippen LogP contribution in [0.4, 0.5) is 0 Å². The van der Waals surface area contributed by atoms with Crippen molar-refractivity contribution in [1.82, 2.24) is 9.99 Å². The van der Waals surface area contributed by atoms with Crippen molar-refractivity contribution < 1.29 is 0 Å². The fraction of sp³-hybridized carbons (Fsp3) is 0.400. The van der Waals surface area contributed by atoms with Gasteiger partial charge in [0, 0.05) is 31.0 Å². The van der Waals surface area contributed by atoms with Crippen molar-refractivity contribution in [3.63, 3.8) is 0 Å². The van der Waals surface area contributed by atoms with Crippen LogP contribution in [0.5, 0.6) is 0 Å². The molecule has 0 N–H and O–H groups in total. The molecule has 1 aromatic heterocycles. The van der Waals surface area contributed by atoms with Crippen LogP contribution >= 0.6 is 0 Å². The second-order valence-corrected chi connectivity index (χ2v) is 2.95. The highest BCUT2D eigenvalue weighted by molar-refractivity contribution is 5.78. The van der Waals surface area contributed by atoms with E-state index in [1.807, 2.05) is 43.5 Å². The molecule has 0 aliphatic heterocycles. The van der Waals surface area contributed by atoms with Crippen molar-refractivity contribution in [2.75, 3.05) is 13.6 Å². The number of hydrazone groups is 1. The Kier molecular flexibility index (Phi) is 3.43. The smallest absolute Gasteiger partial charge is 0.0558 e. The maximum atomic E-state index is 4.21. The van der Waals surface area contributed by atoms with E-state index in [-0.39, 0.29) is 0 Å². The van der Waals surface area contributed by atoms with E-state index >= 15 is 0 Å². The van der Waals surface area contributed by atoms with Crippen LogP contribution in [0.2, 0.25) is 0 Å². The lowest BCUT2D eigenvalue weighted by atomic mass is 10.3. The van der Waals surface area contributed by atoms with E-state index in [0.717, 1.165) is 17.8 Å². The molecule has 0 spiro atoms. The van der Waals surface area contributed by atoms with Gasteiger partial charge in [0.25, 0.3) is 0 Å². The Balaban J connectivity index is 2.64. The summed E-state index contributed by atoms with van der Waals surface area (Å²) in [5.74, 6) is 0. The highest BCUT2D eigenvalue weighted by Crippen LogP contribution is 1.96. The van der Waals surface area contributed by atoms with Crippen LogP contribution in [0.15, 0.2) is 23.4 Å². The fourth-order valence-corrected chi connectivity index (χ4v) is 0.802. The molecule has 0 aliphatic rings. The summed E-state index contributed by atoms with van der Waals surface area (Å²) >= 11 is 0. The zero-order valence-corrected chi connectivity index (χ0v) is 8.36. The summed E-state index contributed by atoms with van der Waals surface area (Å²) in [6.45, 7) is 4.94. The van der Waals surface area contributed by atoms with E-state index in [9.17, 15) is 0 Å². The minimum Gasteiger partial charge on any atom is -0.300 e. The van der Waals surface area contributed by atoms with Crippen LogP contribution in [0.1, 0.15) is 18.2 Å². The Morgan fingerprint density at radius 3 is 2.85 bits per heavy atom. The molecule has 0 amide bonds. The van der Waals surface area contributed by atoms with Gasteiger partial charge in [-0.05, 0) is 19.9 Å². The summed E-state index contributed by atoms with van der Waals surface area (Å²) in [5.41, 5.74) is 2.06. The Labute approximate surface area is 79.1 Å². The van der Waals surface area contributed by atoms with Gasteiger partial charge in [-0.2, -0.15) is 5.10 Å². The van der Waals surface area contributed by atoms with Crippen LogP contribution < -0.4 is 0 Å². The maximum absolute atomic E-state index is 4.21. The van der Waals surface area contributed by atoms with E-state index in [0.29, 0.717) is 0 Å². The largest absolute Gasteiger partial charge is 0.300 e. The molecule has 0 atom stereocenters. The Morgan fingerprint density at radius 2 is 2.31 bits per heavy atom. The molecule has 0 aliphatic carbocycles. The molecule has 0 radical (unpaired) electrons. The first kappa shape index (κ1) is 9.71. The van der Waals surface area contributed by atoms with Gasteiger partial charge in [0.1, 0.15) is 0 Å². The van der Waals surface area contributed by atoms with Gasteiger partial charge in [0.2, 0.25) is 0 Å². The number of hydrogen-bond donors (Lipinski definition) is 0. The zero-order valence-electron chi connectivity index (χ0n) is 8.36. The Hall–Kier alpha value is -1.38. The zero-order chi connectivity index (χ0) is 9.68. The third-order valence-electron chi connectivity index (χ3n) is 1.80. The van der Waals surface area contributed by atoms with Crippen molar-refractivity contribution in [3.8, 4) is 0 Å². The number of aryl methyl sites for hydroxylation is 1. The normalized spacial score (nSPS) is 10.7. The van der Waals surface area contributed by atoms with Gasteiger partial charge in [0.05, 0.1) is 6.21 Å². The van der Waals surface area contributed by atoms with Crippen molar-refractivity contribution in [2.45, 2.75) is 13.8 Å². The molecule has 0 saturated heterocycles. The number of rotatable bonds is 3. The lowest BCUT2D eigenvalue weighted by Crippen LogP contribution is -2.09. The van der Waals surface area contributed by atoms with Crippen molar-refractivity contribution >= 4 is 6.21 Å². The maximum Gasteiger partial charge on any atom is 0.0558 e. The summed E-state index contributed by atoms with van der Waals surface area (Å²) in [5, 5.41) is 6.09. The van der Waals surface area contributed by atoms with Crippen LogP contribution in [-0.4, -0.2) is 29.8 Å². The highest BCUT2D eigenvalue weighted by Gasteiger charge is 1.89. The van der Waals surface area contributed by atoms with Crippen LogP contribution in [-0.2, 0) is 0 Å². The number of pyridine rings is 1. The van der Waals surface area contributed by atoms with Gasteiger partial charge in [-0.1, -0.05) is 6.07 Å². The molecule has 0 saturated carbocycles. The van der Waals surface area contributed by atoms with Gasteiger partial charge in [0.15, 0.2) is 0 Å². The van der Waals surface area contributed by atoms with Crippen molar-refractivity contribution in [2.24, 2.45) is 5.10 Å². The molecule has 3 nitrogen and oxygen atoms in total. The van der Waals surface area contributed by atoms with Crippen LogP contribution in [0, 0.1) is 6.92 Å². The first-order valence-corrected chi connectivity index (χ1v) is 4.40. The second kappa shape index (κ2) is 4.60. The first-order valence-electron chi connectivity index (χ1n) is 4.40. The fourth-order valence-electron chi connectivity index (χ4n) is 0.802. The quantitative estimate of drug-likeness (QED) is 0.519. The Bertz CT molecular complexity index is 277. The third-order valence-corrected chi connectivity index (χ3v) is 1.80. The summed E-state index contributed by atoms with van der Waals surface area (Å²) < 4.78 is 0. The number of aromatic nitrogens is 1. The lowest BCUT2D eigenvalue weighted by molar-refractivity contribution is 0.377. The average molecular weight is 177 g/mol. The van der Waals surface area contributed by atoms with Gasteiger partial charge in [-0.3, -0.25) is 4.98 Å². The van der Waals surface area contributed by atoms with E-state index in [1.54, 1.807) is 0 Å². The van der Waals surface area contributed by atoms with Crippen LogP contribution in [0.3, 0.4) is 0 Å². The third kappa shape index (κ3) is 3.23. The van der Waals surface area contributed by atoms with E-state index < -0.39 is 0 Å². The Morgan fingerprint density at radius 1 is 1.54 bits per heavy atom. The van der Waals surface area contributed by atoms with E-state index in [2.05, 4.69) is 17.0 Å². The van der Waals surface area contributed by atoms with Gasteiger partial charge >= 0.3 is 0 Å². The molecule has 1 heterocycles. The lowest BCUT2D eigenvalue weighted by Gasteiger charge is -2.07. The SMILES string of the molecule is CCN(C)/N=C/c1ccc(C)nc1. The molecule has 13 heavy (non-hydrogen) atoms. The molecule has 0 unspecified atom stereocenters. The van der Waals surface area contributed by atoms with E-state index in [1.165, 1.54) is 0 Å². The summed E-state index contributed by atoms with van der Waals surface area (Å²) in [6.07, 6.45) is 3.64. The molecule has 0 fully saturated rings. The average Bonchev–Trinajstić information content (AvgIpc) is 2.16. The van der Waals surface area contributed by atoms with Crippen molar-refractivity contribution in [3.05, 3.63) is 29.6 Å². The van der Waals surface area contributed by atoms with Gasteiger partial charge in [-0.25, -0.2) is 0 Å². The minimum absolute atomic E-state index is 0.912. The molecular formula is C10H15N3. The summed E-state index contributed by atoms with van der Waals surface area (Å²) in [7, 11) is 1.94. The predicted molar refractivity (Wildman–Crippen MR) is 54.9 cm³/mol. The molecule has 0 aromatic carbocycles. The molecule has 1 aromatic rings. The minimum atomic E-state index is 0.912. The molecular weight excluding hydrogens is 162 g/mol. The van der Waals surface area contributed by atoms with E-state index in [4.69, 9.17) is 0 Å². The summed E-state index contributed by atoms with van der Waals surface area (Å²) in [6, 6.07) is 3.99. The molecule has 70 valence electrons. The second-order valence-electron chi connectivity index (χ2n) is 2.95. The van der Waals surface area contributed by atoms with Crippen molar-refractivity contribution in [1.29, 1.82) is 0 Å². The van der Waals surface area contributed by atoms with Gasteiger partial charge in [-0.15, -0.1) is 0 Å². The standard InChI is InChI=1S/C10H15N3/c1-4-13(3)12-8-10-6-5-9(2)11-7-10/h5-8H,4H2,1-3H3/b12-8+. The topological polar surface area (TPSA) is 28.5 Å². The molecule has 0 bridgehead atoms. The number of nitrogens with zero attached hydrogens (tertiary/aromatic N) is 3. The molecule has 3 heteroatoms. The van der Waals surface area contributed by atoms with Gasteiger partial charge < -0.3 is 5.01 Å². The first-order chi connectivity index (χ1) is 6.22. The number of hydrogen-bond acceptors (Lipinski definition) is 3. The molecule has 1 rings (SSSR count). The summed E-state index contributed by atoms with van der Waals surface area (Å²) in [4.78, 5) is 4.17. The highest BCUT2D eigenvalue weighted by atomic mass is 15.4. The van der Waals surface area contributed by atoms with Crippen LogP contribution in [0.25, 0.3) is 0 Å². The predicted octanol–water partition coefficient (Wildman–Crippen LogP) is 1.68.